The predicted molar refractivity (Wildman–Crippen MR) is 139 cm³/mol. The van der Waals surface area contributed by atoms with Crippen LogP contribution in [0.2, 0.25) is 5.02 Å². The quantitative estimate of drug-likeness (QED) is 0.398. The van der Waals surface area contributed by atoms with Gasteiger partial charge in [-0.15, -0.1) is 11.3 Å². The van der Waals surface area contributed by atoms with Crippen LogP contribution in [0.4, 0.5) is 5.69 Å². The fourth-order valence-corrected chi connectivity index (χ4v) is 6.26. The van der Waals surface area contributed by atoms with E-state index in [1.165, 1.54) is 18.4 Å². The zero-order valence-corrected chi connectivity index (χ0v) is 21.2. The highest BCUT2D eigenvalue weighted by Crippen LogP contribution is 2.41. The van der Waals surface area contributed by atoms with E-state index in [2.05, 4.69) is 11.8 Å². The number of likely N-dealkylation sites (tertiary alicyclic amines) is 1. The number of nitrogens with zero attached hydrogens (tertiary/aromatic N) is 2. The van der Waals surface area contributed by atoms with Crippen molar-refractivity contribution in [3.05, 3.63) is 63.5 Å². The molecule has 0 radical (unpaired) electrons. The molecule has 178 valence electrons. The molecule has 1 amide bonds. The van der Waals surface area contributed by atoms with E-state index in [1.807, 2.05) is 47.4 Å². The molecular weight excluding hydrogens is 468 g/mol. The maximum absolute atomic E-state index is 13.5. The van der Waals surface area contributed by atoms with Crippen molar-refractivity contribution in [2.75, 3.05) is 44.8 Å². The van der Waals surface area contributed by atoms with Crippen molar-refractivity contribution in [1.82, 2.24) is 4.90 Å². The number of carbonyl (C=O) groups is 1. The van der Waals surface area contributed by atoms with Gasteiger partial charge < -0.3 is 14.4 Å². The molecule has 0 atom stereocenters. The van der Waals surface area contributed by atoms with Crippen molar-refractivity contribution in [1.29, 1.82) is 0 Å². The first-order valence-corrected chi connectivity index (χ1v) is 13.0. The molecule has 0 aliphatic carbocycles. The lowest BCUT2D eigenvalue weighted by Gasteiger charge is -2.28. The Morgan fingerprint density at radius 2 is 1.76 bits per heavy atom. The summed E-state index contributed by atoms with van der Waals surface area (Å²) in [6, 6.07) is 13.6. The number of fused-ring (bicyclic) bond motifs is 1. The third-order valence-corrected chi connectivity index (χ3v) is 8.35. The third kappa shape index (κ3) is 4.54. The maximum Gasteiger partial charge on any atom is 0.268 e. The van der Waals surface area contributed by atoms with Gasteiger partial charge in [0.25, 0.3) is 5.91 Å². The molecule has 3 aromatic rings. The highest BCUT2D eigenvalue weighted by molar-refractivity contribution is 7.18. The Labute approximate surface area is 209 Å². The summed E-state index contributed by atoms with van der Waals surface area (Å²) in [5.74, 6) is 1.41. The molecule has 7 heteroatoms. The van der Waals surface area contributed by atoms with Gasteiger partial charge in [0.2, 0.25) is 0 Å². The van der Waals surface area contributed by atoms with E-state index < -0.39 is 0 Å². The van der Waals surface area contributed by atoms with Gasteiger partial charge in [-0.05, 0) is 80.2 Å². The van der Waals surface area contributed by atoms with Crippen molar-refractivity contribution in [3.8, 4) is 21.9 Å². The van der Waals surface area contributed by atoms with Gasteiger partial charge in [-0.1, -0.05) is 23.7 Å². The van der Waals surface area contributed by atoms with Crippen molar-refractivity contribution in [3.63, 3.8) is 0 Å². The van der Waals surface area contributed by atoms with Crippen LogP contribution < -0.4 is 14.4 Å². The normalized spacial score (nSPS) is 16.1. The van der Waals surface area contributed by atoms with Gasteiger partial charge >= 0.3 is 0 Å². The topological polar surface area (TPSA) is 42.0 Å². The SMILES string of the molecule is COc1cc(N2CCc3c(sc(-c4ccc(Cl)cc4)c3C)C2=O)ccc1OCCN1CCCC1. The molecule has 0 spiro atoms. The van der Waals surface area contributed by atoms with E-state index >= 15 is 0 Å². The fraction of sp³-hybridized carbons (Fsp3) is 0.370. The Bertz CT molecular complexity index is 1190. The number of benzene rings is 2. The molecular formula is C27H29ClN2O3S. The zero-order chi connectivity index (χ0) is 23.7. The lowest BCUT2D eigenvalue weighted by molar-refractivity contribution is 0.0985. The molecule has 0 N–H and O–H groups in total. The number of carbonyl (C=O) groups excluding carboxylic acids is 1. The van der Waals surface area contributed by atoms with E-state index in [-0.39, 0.29) is 5.91 Å². The molecule has 0 bridgehead atoms. The molecule has 34 heavy (non-hydrogen) atoms. The highest BCUT2D eigenvalue weighted by Gasteiger charge is 2.31. The van der Waals surface area contributed by atoms with Gasteiger partial charge in [0.1, 0.15) is 6.61 Å². The standard InChI is InChI=1S/C27H29ClN2O3S/c1-18-22-11-14-30(27(31)26(22)34-25(18)19-5-7-20(28)8-6-19)21-9-10-23(24(17-21)32-2)33-16-15-29-12-3-4-13-29/h5-10,17H,3-4,11-16H2,1-2H3. The summed E-state index contributed by atoms with van der Waals surface area (Å²) in [6.45, 7) is 6.61. The summed E-state index contributed by atoms with van der Waals surface area (Å²) in [5, 5.41) is 0.711. The second kappa shape index (κ2) is 9.98. The molecule has 5 nitrogen and oxygen atoms in total. The van der Waals surface area contributed by atoms with E-state index in [1.54, 1.807) is 18.4 Å². The molecule has 1 fully saturated rings. The van der Waals surface area contributed by atoms with Gasteiger partial charge in [-0.2, -0.15) is 0 Å². The minimum absolute atomic E-state index is 0.0410. The molecule has 0 unspecified atom stereocenters. The van der Waals surface area contributed by atoms with Crippen molar-refractivity contribution in [2.45, 2.75) is 26.2 Å². The highest BCUT2D eigenvalue weighted by atomic mass is 35.5. The van der Waals surface area contributed by atoms with E-state index in [9.17, 15) is 4.79 Å². The average Bonchev–Trinajstić information content (AvgIpc) is 3.49. The molecule has 5 rings (SSSR count). The number of anilines is 1. The monoisotopic (exact) mass is 496 g/mol. The first-order valence-electron chi connectivity index (χ1n) is 11.8. The number of thiophene rings is 1. The molecule has 1 aromatic heterocycles. The lowest BCUT2D eigenvalue weighted by Crippen LogP contribution is -2.36. The summed E-state index contributed by atoms with van der Waals surface area (Å²) in [4.78, 5) is 19.7. The number of rotatable bonds is 7. The van der Waals surface area contributed by atoms with Gasteiger partial charge in [-0.25, -0.2) is 0 Å². The Hall–Kier alpha value is -2.54. The van der Waals surface area contributed by atoms with E-state index in [0.717, 1.165) is 52.6 Å². The largest absolute Gasteiger partial charge is 0.493 e. The number of hydrogen-bond donors (Lipinski definition) is 0. The molecule has 1 saturated heterocycles. The van der Waals surface area contributed by atoms with Crippen LogP contribution in [-0.2, 0) is 6.42 Å². The summed E-state index contributed by atoms with van der Waals surface area (Å²) < 4.78 is 11.6. The molecule has 2 aliphatic rings. The van der Waals surface area contributed by atoms with Crippen LogP contribution >= 0.6 is 22.9 Å². The van der Waals surface area contributed by atoms with Crippen molar-refractivity contribution in [2.24, 2.45) is 0 Å². The van der Waals surface area contributed by atoms with Crippen LogP contribution in [0.1, 0.15) is 33.6 Å². The number of hydrogen-bond acceptors (Lipinski definition) is 5. The average molecular weight is 497 g/mol. The maximum atomic E-state index is 13.5. The first-order chi connectivity index (χ1) is 16.5. The summed E-state index contributed by atoms with van der Waals surface area (Å²) in [7, 11) is 1.64. The van der Waals surface area contributed by atoms with E-state index in [4.69, 9.17) is 21.1 Å². The second-order valence-electron chi connectivity index (χ2n) is 8.81. The summed E-state index contributed by atoms with van der Waals surface area (Å²) in [5.41, 5.74) is 4.27. The van der Waals surface area contributed by atoms with Crippen LogP contribution in [0, 0.1) is 6.92 Å². The van der Waals surface area contributed by atoms with Gasteiger partial charge in [-0.3, -0.25) is 9.69 Å². The van der Waals surface area contributed by atoms with Gasteiger partial charge in [0.15, 0.2) is 11.5 Å². The minimum Gasteiger partial charge on any atom is -0.493 e. The Morgan fingerprint density at radius 3 is 2.50 bits per heavy atom. The lowest BCUT2D eigenvalue weighted by atomic mass is 9.99. The van der Waals surface area contributed by atoms with Crippen LogP contribution in [0.25, 0.3) is 10.4 Å². The van der Waals surface area contributed by atoms with Crippen LogP contribution in [0.3, 0.4) is 0 Å². The van der Waals surface area contributed by atoms with Crippen LogP contribution in [0.15, 0.2) is 42.5 Å². The smallest absolute Gasteiger partial charge is 0.268 e. The van der Waals surface area contributed by atoms with Gasteiger partial charge in [0.05, 0.1) is 12.0 Å². The number of ether oxygens (including phenoxy) is 2. The molecule has 0 saturated carbocycles. The Kier molecular flexibility index (Phi) is 6.82. The number of amides is 1. The minimum atomic E-state index is 0.0410. The second-order valence-corrected chi connectivity index (χ2v) is 10.3. The Morgan fingerprint density at radius 1 is 1.00 bits per heavy atom. The first kappa shape index (κ1) is 23.2. The summed E-state index contributed by atoms with van der Waals surface area (Å²) in [6.07, 6.45) is 3.37. The number of halogens is 1. The zero-order valence-electron chi connectivity index (χ0n) is 19.6. The van der Waals surface area contributed by atoms with Crippen molar-refractivity contribution < 1.29 is 14.3 Å². The summed E-state index contributed by atoms with van der Waals surface area (Å²) >= 11 is 7.63. The van der Waals surface area contributed by atoms with E-state index in [0.29, 0.717) is 29.7 Å². The molecule has 2 aromatic carbocycles. The number of methoxy groups -OCH3 is 1. The van der Waals surface area contributed by atoms with Crippen molar-refractivity contribution >= 4 is 34.5 Å². The van der Waals surface area contributed by atoms with Crippen LogP contribution in [0.5, 0.6) is 11.5 Å². The third-order valence-electron chi connectivity index (χ3n) is 6.73. The Balaban J connectivity index is 1.34. The van der Waals surface area contributed by atoms with Gasteiger partial charge in [0, 0.05) is 34.7 Å². The fourth-order valence-electron chi connectivity index (χ4n) is 4.83. The van der Waals surface area contributed by atoms with Crippen LogP contribution in [-0.4, -0.2) is 50.7 Å². The predicted octanol–water partition coefficient (Wildman–Crippen LogP) is 6.06. The molecule has 2 aliphatic heterocycles. The molecule has 3 heterocycles.